The number of halogens is 3. The SMILES string of the molecule is COc1ccccc1C(=O)N1CC[C@@]2(CO)CN(c3ccc(C#N)c(C(F)(F)F)c3)C[C@H]2C1. The number of nitriles is 1. The maximum Gasteiger partial charge on any atom is 0.417 e. The van der Waals surface area contributed by atoms with Crippen LogP contribution in [0.1, 0.15) is 27.9 Å². The largest absolute Gasteiger partial charge is 0.496 e. The molecule has 9 heteroatoms. The molecule has 174 valence electrons. The third kappa shape index (κ3) is 4.11. The molecule has 4 rings (SSSR count). The van der Waals surface area contributed by atoms with E-state index in [1.54, 1.807) is 35.2 Å². The van der Waals surface area contributed by atoms with Gasteiger partial charge in [0, 0.05) is 43.2 Å². The first-order chi connectivity index (χ1) is 15.7. The molecule has 0 radical (unpaired) electrons. The highest BCUT2D eigenvalue weighted by atomic mass is 19.4. The Labute approximate surface area is 189 Å². The van der Waals surface area contributed by atoms with Gasteiger partial charge in [-0.3, -0.25) is 4.79 Å². The van der Waals surface area contributed by atoms with Crippen molar-refractivity contribution in [2.45, 2.75) is 12.6 Å². The van der Waals surface area contributed by atoms with Crippen molar-refractivity contribution in [3.8, 4) is 11.8 Å². The molecule has 0 spiro atoms. The highest BCUT2D eigenvalue weighted by Crippen LogP contribution is 2.45. The van der Waals surface area contributed by atoms with Crippen molar-refractivity contribution in [2.24, 2.45) is 11.3 Å². The number of rotatable bonds is 4. The third-order valence-corrected chi connectivity index (χ3v) is 6.87. The molecule has 2 aromatic carbocycles. The lowest BCUT2D eigenvalue weighted by atomic mass is 9.73. The molecule has 2 aromatic rings. The topological polar surface area (TPSA) is 76.8 Å². The van der Waals surface area contributed by atoms with Crippen LogP contribution in [0.15, 0.2) is 42.5 Å². The summed E-state index contributed by atoms with van der Waals surface area (Å²) >= 11 is 0. The molecular weight excluding hydrogens is 435 g/mol. The molecule has 2 saturated heterocycles. The molecule has 6 nitrogen and oxygen atoms in total. The number of hydrogen-bond donors (Lipinski definition) is 1. The average Bonchev–Trinajstić information content (AvgIpc) is 3.22. The van der Waals surface area contributed by atoms with Gasteiger partial charge in [-0.15, -0.1) is 0 Å². The van der Waals surface area contributed by atoms with Gasteiger partial charge < -0.3 is 19.6 Å². The Balaban J connectivity index is 1.58. The predicted molar refractivity (Wildman–Crippen MR) is 115 cm³/mol. The number of anilines is 1. The molecule has 0 bridgehead atoms. The third-order valence-electron chi connectivity index (χ3n) is 6.87. The van der Waals surface area contributed by atoms with Crippen LogP contribution in [0.5, 0.6) is 5.75 Å². The van der Waals surface area contributed by atoms with Crippen molar-refractivity contribution in [1.29, 1.82) is 5.26 Å². The molecular formula is C24H24F3N3O3. The zero-order valence-corrected chi connectivity index (χ0v) is 18.1. The summed E-state index contributed by atoms with van der Waals surface area (Å²) < 4.78 is 45.6. The Morgan fingerprint density at radius 3 is 2.70 bits per heavy atom. The lowest BCUT2D eigenvalue weighted by molar-refractivity contribution is -0.137. The summed E-state index contributed by atoms with van der Waals surface area (Å²) in [6.45, 7) is 1.49. The summed E-state index contributed by atoms with van der Waals surface area (Å²) in [5.74, 6) is 0.196. The molecule has 2 atom stereocenters. The van der Waals surface area contributed by atoms with Gasteiger partial charge >= 0.3 is 6.18 Å². The van der Waals surface area contributed by atoms with E-state index in [4.69, 9.17) is 10.00 Å². The quantitative estimate of drug-likeness (QED) is 0.757. The van der Waals surface area contributed by atoms with E-state index in [1.165, 1.54) is 19.2 Å². The molecule has 0 saturated carbocycles. The average molecular weight is 459 g/mol. The van der Waals surface area contributed by atoms with Crippen LogP contribution in [-0.4, -0.2) is 55.8 Å². The summed E-state index contributed by atoms with van der Waals surface area (Å²) in [5, 5.41) is 19.3. The van der Waals surface area contributed by atoms with Crippen LogP contribution in [0, 0.1) is 22.7 Å². The van der Waals surface area contributed by atoms with Gasteiger partial charge in [0.05, 0.1) is 36.5 Å². The molecule has 0 aliphatic carbocycles. The van der Waals surface area contributed by atoms with Crippen LogP contribution < -0.4 is 9.64 Å². The normalized spacial score (nSPS) is 22.6. The Hall–Kier alpha value is -3.25. The minimum absolute atomic E-state index is 0.111. The highest BCUT2D eigenvalue weighted by molar-refractivity contribution is 5.97. The number of piperidine rings is 1. The first kappa shape index (κ1) is 22.9. The van der Waals surface area contributed by atoms with Gasteiger partial charge in [-0.25, -0.2) is 0 Å². The van der Waals surface area contributed by atoms with Crippen molar-refractivity contribution in [3.05, 3.63) is 59.2 Å². The molecule has 2 aliphatic heterocycles. The van der Waals surface area contributed by atoms with Gasteiger partial charge in [0.1, 0.15) is 5.75 Å². The summed E-state index contributed by atoms with van der Waals surface area (Å²) in [7, 11) is 1.50. The van der Waals surface area contributed by atoms with Crippen molar-refractivity contribution in [2.75, 3.05) is 44.8 Å². The van der Waals surface area contributed by atoms with Gasteiger partial charge in [0.2, 0.25) is 0 Å². The summed E-state index contributed by atoms with van der Waals surface area (Å²) in [5.41, 5.74) is -1.10. The van der Waals surface area contributed by atoms with Gasteiger partial charge in [-0.2, -0.15) is 18.4 Å². The maximum absolute atomic E-state index is 13.4. The standard InChI is InChI=1S/C24H24F3N3O3/c1-33-21-5-3-2-4-19(21)22(32)29-9-8-23(15-31)14-30(13-17(23)12-29)18-7-6-16(11-28)20(10-18)24(25,26)27/h2-7,10,17,31H,8-9,12-15H2,1H3/t17-,23+/m1/s1. The smallest absolute Gasteiger partial charge is 0.417 e. The first-order valence-corrected chi connectivity index (χ1v) is 10.6. The number of aliphatic hydroxyl groups excluding tert-OH is 1. The van der Waals surface area contributed by atoms with E-state index in [2.05, 4.69) is 0 Å². The number of aliphatic hydroxyl groups is 1. The van der Waals surface area contributed by atoms with Crippen molar-refractivity contribution in [3.63, 3.8) is 0 Å². The minimum atomic E-state index is -4.64. The molecule has 0 unspecified atom stereocenters. The van der Waals surface area contributed by atoms with E-state index in [1.807, 2.05) is 4.90 Å². The number of benzene rings is 2. The highest BCUT2D eigenvalue weighted by Gasteiger charge is 2.50. The van der Waals surface area contributed by atoms with Crippen LogP contribution in [0.3, 0.4) is 0 Å². The summed E-state index contributed by atoms with van der Waals surface area (Å²) in [6.07, 6.45) is -4.10. The lowest BCUT2D eigenvalue weighted by Gasteiger charge is -2.42. The number of carbonyl (C=O) groups excluding carboxylic acids is 1. The van der Waals surface area contributed by atoms with Crippen LogP contribution in [-0.2, 0) is 6.18 Å². The fraction of sp³-hybridized carbons (Fsp3) is 0.417. The van der Waals surface area contributed by atoms with Gasteiger partial charge in [-0.1, -0.05) is 12.1 Å². The molecule has 1 N–H and O–H groups in total. The number of ether oxygens (including phenoxy) is 1. The summed E-state index contributed by atoms with van der Waals surface area (Å²) in [6, 6.07) is 12.3. The van der Waals surface area contributed by atoms with E-state index in [-0.39, 0.29) is 18.4 Å². The Bertz CT molecular complexity index is 1100. The number of nitrogens with zero attached hydrogens (tertiary/aromatic N) is 3. The van der Waals surface area contributed by atoms with Gasteiger partial charge in [0.15, 0.2) is 0 Å². The monoisotopic (exact) mass is 459 g/mol. The Kier molecular flexibility index (Phi) is 5.97. The molecule has 2 fully saturated rings. The molecule has 33 heavy (non-hydrogen) atoms. The zero-order valence-electron chi connectivity index (χ0n) is 18.1. The predicted octanol–water partition coefficient (Wildman–Crippen LogP) is 3.55. The van der Waals surface area contributed by atoms with Gasteiger partial charge in [-0.05, 0) is 36.8 Å². The van der Waals surface area contributed by atoms with Crippen LogP contribution in [0.4, 0.5) is 18.9 Å². The van der Waals surface area contributed by atoms with Crippen molar-refractivity contribution in [1.82, 2.24) is 4.90 Å². The summed E-state index contributed by atoms with van der Waals surface area (Å²) in [4.78, 5) is 16.7. The maximum atomic E-state index is 13.4. The van der Waals surface area contributed by atoms with Crippen molar-refractivity contribution < 1.29 is 27.8 Å². The molecule has 2 heterocycles. The van der Waals surface area contributed by atoms with Crippen LogP contribution in [0.25, 0.3) is 0 Å². The number of amides is 1. The van der Waals surface area contributed by atoms with E-state index in [0.717, 1.165) is 6.07 Å². The molecule has 2 aliphatic rings. The second kappa shape index (κ2) is 8.60. The Morgan fingerprint density at radius 1 is 1.27 bits per heavy atom. The fourth-order valence-electron chi connectivity index (χ4n) is 4.97. The minimum Gasteiger partial charge on any atom is -0.496 e. The van der Waals surface area contributed by atoms with Crippen LogP contribution in [0.2, 0.25) is 0 Å². The zero-order chi connectivity index (χ0) is 23.8. The fourth-order valence-corrected chi connectivity index (χ4v) is 4.97. The number of para-hydroxylation sites is 1. The van der Waals surface area contributed by atoms with E-state index in [0.29, 0.717) is 49.6 Å². The number of carbonyl (C=O) groups is 1. The number of fused-ring (bicyclic) bond motifs is 1. The molecule has 0 aromatic heterocycles. The second-order valence-electron chi connectivity index (χ2n) is 8.64. The number of alkyl halides is 3. The van der Waals surface area contributed by atoms with E-state index in [9.17, 15) is 23.1 Å². The number of likely N-dealkylation sites (tertiary alicyclic amines) is 1. The Morgan fingerprint density at radius 2 is 2.03 bits per heavy atom. The lowest BCUT2D eigenvalue weighted by Crippen LogP contribution is -2.50. The van der Waals surface area contributed by atoms with Crippen molar-refractivity contribution >= 4 is 11.6 Å². The number of methoxy groups -OCH3 is 1. The first-order valence-electron chi connectivity index (χ1n) is 10.6. The van der Waals surface area contributed by atoms with Gasteiger partial charge in [0.25, 0.3) is 5.91 Å². The molecule has 1 amide bonds. The van der Waals surface area contributed by atoms with Crippen LogP contribution >= 0.6 is 0 Å². The van der Waals surface area contributed by atoms with E-state index >= 15 is 0 Å². The second-order valence-corrected chi connectivity index (χ2v) is 8.64. The van der Waals surface area contributed by atoms with E-state index < -0.39 is 22.7 Å². The number of hydrogen-bond acceptors (Lipinski definition) is 5.